The minimum atomic E-state index is -1.44. The molecule has 19 heavy (non-hydrogen) atoms. The van der Waals surface area contributed by atoms with Crippen LogP contribution >= 0.6 is 23.2 Å². The van der Waals surface area contributed by atoms with Gasteiger partial charge in [0, 0.05) is 15.6 Å². The van der Waals surface area contributed by atoms with Crippen molar-refractivity contribution in [3.63, 3.8) is 0 Å². The van der Waals surface area contributed by atoms with E-state index >= 15 is 0 Å². The SMILES string of the molecule is CC#CC(O)(Cn1cncn1)c1ccc(Cl)cc1Cl. The van der Waals surface area contributed by atoms with Crippen molar-refractivity contribution < 1.29 is 5.11 Å². The standard InChI is InChI=1S/C13H11Cl2N3O/c1-2-5-13(19,7-18-9-16-8-17-18)11-4-3-10(14)6-12(11)15/h3-4,6,8-9,19H,7H2,1H3. The molecule has 1 atom stereocenters. The number of nitrogens with zero attached hydrogens (tertiary/aromatic N) is 3. The summed E-state index contributed by atoms with van der Waals surface area (Å²) in [5, 5.41) is 15.6. The quantitative estimate of drug-likeness (QED) is 0.885. The van der Waals surface area contributed by atoms with E-state index < -0.39 is 5.60 Å². The molecule has 2 aromatic rings. The van der Waals surface area contributed by atoms with Gasteiger partial charge < -0.3 is 5.11 Å². The fourth-order valence-electron chi connectivity index (χ4n) is 1.77. The summed E-state index contributed by atoms with van der Waals surface area (Å²) in [7, 11) is 0. The summed E-state index contributed by atoms with van der Waals surface area (Å²) in [5.74, 6) is 5.47. The highest BCUT2D eigenvalue weighted by molar-refractivity contribution is 6.35. The molecule has 0 spiro atoms. The average molecular weight is 296 g/mol. The Hall–Kier alpha value is -1.54. The zero-order chi connectivity index (χ0) is 13.9. The lowest BCUT2D eigenvalue weighted by Crippen LogP contribution is -2.30. The van der Waals surface area contributed by atoms with Gasteiger partial charge in [-0.3, -0.25) is 0 Å². The van der Waals surface area contributed by atoms with Gasteiger partial charge in [0.1, 0.15) is 12.7 Å². The average Bonchev–Trinajstić information content (AvgIpc) is 2.81. The van der Waals surface area contributed by atoms with Gasteiger partial charge in [0.05, 0.1) is 6.54 Å². The molecule has 0 saturated carbocycles. The lowest BCUT2D eigenvalue weighted by molar-refractivity contribution is 0.0760. The third-order valence-electron chi connectivity index (χ3n) is 2.57. The smallest absolute Gasteiger partial charge is 0.171 e. The maximum absolute atomic E-state index is 10.7. The van der Waals surface area contributed by atoms with E-state index in [4.69, 9.17) is 23.2 Å². The molecule has 0 bridgehead atoms. The van der Waals surface area contributed by atoms with Gasteiger partial charge >= 0.3 is 0 Å². The van der Waals surface area contributed by atoms with Gasteiger partial charge in [-0.15, -0.1) is 5.92 Å². The summed E-state index contributed by atoms with van der Waals surface area (Å²) >= 11 is 12.0. The molecule has 1 unspecified atom stereocenters. The van der Waals surface area contributed by atoms with Crippen LogP contribution in [0, 0.1) is 11.8 Å². The normalized spacial score (nSPS) is 13.5. The number of halogens is 2. The van der Waals surface area contributed by atoms with Gasteiger partial charge in [0.25, 0.3) is 0 Å². The molecule has 1 N–H and O–H groups in total. The lowest BCUT2D eigenvalue weighted by Gasteiger charge is -2.23. The molecule has 0 aliphatic rings. The highest BCUT2D eigenvalue weighted by Crippen LogP contribution is 2.31. The molecular weight excluding hydrogens is 285 g/mol. The molecule has 0 aliphatic heterocycles. The second-order valence-corrected chi connectivity index (χ2v) is 4.80. The van der Waals surface area contributed by atoms with Crippen LogP contribution in [0.15, 0.2) is 30.9 Å². The Bertz CT molecular complexity index is 631. The van der Waals surface area contributed by atoms with Gasteiger partial charge in [0.2, 0.25) is 0 Å². The molecule has 0 aliphatic carbocycles. The maximum Gasteiger partial charge on any atom is 0.171 e. The van der Waals surface area contributed by atoms with Gasteiger partial charge in [-0.25, -0.2) is 9.67 Å². The molecule has 98 valence electrons. The van der Waals surface area contributed by atoms with Crippen molar-refractivity contribution in [2.45, 2.75) is 19.1 Å². The van der Waals surface area contributed by atoms with Crippen LogP contribution in [0.1, 0.15) is 12.5 Å². The van der Waals surface area contributed by atoms with Gasteiger partial charge in [-0.1, -0.05) is 35.2 Å². The summed E-state index contributed by atoms with van der Waals surface area (Å²) in [6.45, 7) is 1.78. The molecular formula is C13H11Cl2N3O. The first kappa shape index (κ1) is 13.9. The predicted octanol–water partition coefficient (Wildman–Crippen LogP) is 2.50. The van der Waals surface area contributed by atoms with E-state index in [1.165, 1.54) is 17.3 Å². The number of aromatic nitrogens is 3. The van der Waals surface area contributed by atoms with Crippen molar-refractivity contribution in [3.05, 3.63) is 46.5 Å². The van der Waals surface area contributed by atoms with E-state index in [9.17, 15) is 5.11 Å². The number of rotatable bonds is 3. The maximum atomic E-state index is 10.7. The third-order valence-corrected chi connectivity index (χ3v) is 3.11. The number of hydrogen-bond donors (Lipinski definition) is 1. The molecule has 4 nitrogen and oxygen atoms in total. The van der Waals surface area contributed by atoms with Crippen molar-refractivity contribution in [1.29, 1.82) is 0 Å². The van der Waals surface area contributed by atoms with Gasteiger partial charge in [-0.2, -0.15) is 5.10 Å². The Morgan fingerprint density at radius 2 is 2.21 bits per heavy atom. The minimum absolute atomic E-state index is 0.134. The third kappa shape index (κ3) is 3.07. The first-order valence-corrected chi connectivity index (χ1v) is 6.25. The van der Waals surface area contributed by atoms with Crippen LogP contribution in [0.5, 0.6) is 0 Å². The minimum Gasteiger partial charge on any atom is -0.372 e. The Balaban J connectivity index is 2.45. The molecule has 0 radical (unpaired) electrons. The molecule has 1 heterocycles. The summed E-state index contributed by atoms with van der Waals surface area (Å²) in [5.41, 5.74) is -0.951. The summed E-state index contributed by atoms with van der Waals surface area (Å²) < 4.78 is 1.50. The Labute approximate surface area is 121 Å². The largest absolute Gasteiger partial charge is 0.372 e. The van der Waals surface area contributed by atoms with Crippen molar-refractivity contribution >= 4 is 23.2 Å². The Morgan fingerprint density at radius 3 is 2.79 bits per heavy atom. The van der Waals surface area contributed by atoms with Crippen LogP contribution < -0.4 is 0 Å². The van der Waals surface area contributed by atoms with Crippen LogP contribution in [0.25, 0.3) is 0 Å². The zero-order valence-electron chi connectivity index (χ0n) is 10.1. The van der Waals surface area contributed by atoms with Crippen molar-refractivity contribution in [2.75, 3.05) is 0 Å². The second-order valence-electron chi connectivity index (χ2n) is 3.95. The van der Waals surface area contributed by atoms with Gasteiger partial charge in [0.15, 0.2) is 5.60 Å². The first-order chi connectivity index (χ1) is 9.05. The van der Waals surface area contributed by atoms with E-state index in [0.29, 0.717) is 15.6 Å². The lowest BCUT2D eigenvalue weighted by atomic mass is 9.94. The van der Waals surface area contributed by atoms with Gasteiger partial charge in [-0.05, 0) is 19.1 Å². The fourth-order valence-corrected chi connectivity index (χ4v) is 2.34. The van der Waals surface area contributed by atoms with Crippen molar-refractivity contribution in [3.8, 4) is 11.8 Å². The summed E-state index contributed by atoms with van der Waals surface area (Å²) in [4.78, 5) is 3.84. The number of hydrogen-bond acceptors (Lipinski definition) is 3. The summed E-state index contributed by atoms with van der Waals surface area (Å²) in [6, 6.07) is 4.89. The van der Waals surface area contributed by atoms with Crippen LogP contribution in [0.4, 0.5) is 0 Å². The molecule has 0 saturated heterocycles. The zero-order valence-corrected chi connectivity index (χ0v) is 11.7. The van der Waals surface area contributed by atoms with Crippen LogP contribution in [0.3, 0.4) is 0 Å². The molecule has 1 aromatic heterocycles. The second kappa shape index (κ2) is 5.62. The number of benzene rings is 1. The number of aliphatic hydroxyl groups is 1. The predicted molar refractivity (Wildman–Crippen MR) is 73.8 cm³/mol. The molecule has 0 amide bonds. The monoisotopic (exact) mass is 295 g/mol. The van der Waals surface area contributed by atoms with E-state index in [1.807, 2.05) is 0 Å². The van der Waals surface area contributed by atoms with E-state index in [1.54, 1.807) is 25.1 Å². The fraction of sp³-hybridized carbons (Fsp3) is 0.231. The van der Waals surface area contributed by atoms with E-state index in [2.05, 4.69) is 21.9 Å². The molecule has 6 heteroatoms. The van der Waals surface area contributed by atoms with Crippen molar-refractivity contribution in [2.24, 2.45) is 0 Å². The van der Waals surface area contributed by atoms with E-state index in [0.717, 1.165) is 0 Å². The topological polar surface area (TPSA) is 50.9 Å². The molecule has 1 aromatic carbocycles. The van der Waals surface area contributed by atoms with Crippen molar-refractivity contribution in [1.82, 2.24) is 14.8 Å². The summed E-state index contributed by atoms with van der Waals surface area (Å²) in [6.07, 6.45) is 2.90. The molecule has 2 rings (SSSR count). The van der Waals surface area contributed by atoms with Crippen LogP contribution in [-0.2, 0) is 12.1 Å². The Kier molecular flexibility index (Phi) is 4.11. The highest BCUT2D eigenvalue weighted by atomic mass is 35.5. The highest BCUT2D eigenvalue weighted by Gasteiger charge is 2.30. The molecule has 0 fully saturated rings. The van der Waals surface area contributed by atoms with Crippen LogP contribution in [0.2, 0.25) is 10.0 Å². The van der Waals surface area contributed by atoms with Crippen LogP contribution in [-0.4, -0.2) is 19.9 Å². The van der Waals surface area contributed by atoms with E-state index in [-0.39, 0.29) is 6.54 Å². The first-order valence-electron chi connectivity index (χ1n) is 5.49. The Morgan fingerprint density at radius 1 is 1.42 bits per heavy atom.